The first kappa shape index (κ1) is 6.86. The summed E-state index contributed by atoms with van der Waals surface area (Å²) in [6.45, 7) is 2.09. The molecule has 0 amide bonds. The highest BCUT2D eigenvalue weighted by Gasteiger charge is 2.18. The molecular formula is C10H12O. The molecule has 1 aliphatic rings. The van der Waals surface area contributed by atoms with Crippen molar-refractivity contribution >= 4 is 0 Å². The Bertz CT molecular complexity index is 278. The molecule has 0 saturated carbocycles. The molecule has 1 nitrogen and oxygen atoms in total. The molecule has 11 heavy (non-hydrogen) atoms. The second kappa shape index (κ2) is 2.35. The summed E-state index contributed by atoms with van der Waals surface area (Å²) in [5.41, 5.74) is 3.94. The third-order valence-corrected chi connectivity index (χ3v) is 2.27. The maximum Gasteiger partial charge on any atom is 0.0621 e. The highest BCUT2D eigenvalue weighted by atomic mass is 16.3. The van der Waals surface area contributed by atoms with Crippen molar-refractivity contribution in [3.05, 3.63) is 34.9 Å². The third kappa shape index (κ3) is 1.16. The van der Waals surface area contributed by atoms with Crippen molar-refractivity contribution in [3.63, 3.8) is 0 Å². The molecule has 2 rings (SSSR count). The predicted molar refractivity (Wildman–Crippen MR) is 44.6 cm³/mol. The Labute approximate surface area is 66.7 Å². The van der Waals surface area contributed by atoms with Crippen LogP contribution in [-0.4, -0.2) is 11.2 Å². The number of hydrogen-bond acceptors (Lipinski definition) is 1. The van der Waals surface area contributed by atoms with Crippen molar-refractivity contribution in [3.8, 4) is 0 Å². The van der Waals surface area contributed by atoms with E-state index in [9.17, 15) is 5.11 Å². The van der Waals surface area contributed by atoms with E-state index in [1.807, 2.05) is 0 Å². The normalized spacial score (nSPS) is 21.8. The van der Waals surface area contributed by atoms with Gasteiger partial charge in [0.1, 0.15) is 0 Å². The summed E-state index contributed by atoms with van der Waals surface area (Å²) in [5, 5.41) is 9.34. The van der Waals surface area contributed by atoms with Crippen LogP contribution in [0.15, 0.2) is 18.2 Å². The highest BCUT2D eigenvalue weighted by Crippen LogP contribution is 2.22. The van der Waals surface area contributed by atoms with Crippen molar-refractivity contribution in [2.45, 2.75) is 25.9 Å². The van der Waals surface area contributed by atoms with E-state index in [0.29, 0.717) is 0 Å². The minimum absolute atomic E-state index is 0.133. The lowest BCUT2D eigenvalue weighted by molar-refractivity contribution is 0.187. The van der Waals surface area contributed by atoms with Crippen LogP contribution in [0.25, 0.3) is 0 Å². The van der Waals surface area contributed by atoms with Crippen LogP contribution in [0.4, 0.5) is 0 Å². The quantitative estimate of drug-likeness (QED) is 0.590. The zero-order valence-electron chi connectivity index (χ0n) is 6.67. The molecule has 0 fully saturated rings. The van der Waals surface area contributed by atoms with E-state index in [1.54, 1.807) is 0 Å². The Morgan fingerprint density at radius 3 is 2.82 bits per heavy atom. The average molecular weight is 148 g/mol. The van der Waals surface area contributed by atoms with Gasteiger partial charge in [0.05, 0.1) is 6.10 Å². The Morgan fingerprint density at radius 1 is 1.27 bits per heavy atom. The lowest BCUT2D eigenvalue weighted by Crippen LogP contribution is -2.03. The fraction of sp³-hybridized carbons (Fsp3) is 0.400. The molecule has 1 aromatic carbocycles. The van der Waals surface area contributed by atoms with E-state index in [2.05, 4.69) is 25.1 Å². The van der Waals surface area contributed by atoms with Crippen molar-refractivity contribution in [1.29, 1.82) is 0 Å². The van der Waals surface area contributed by atoms with Crippen LogP contribution >= 0.6 is 0 Å². The smallest absolute Gasteiger partial charge is 0.0621 e. The predicted octanol–water partition coefficient (Wildman–Crippen LogP) is 1.45. The first-order chi connectivity index (χ1) is 5.25. The fourth-order valence-corrected chi connectivity index (χ4v) is 1.72. The van der Waals surface area contributed by atoms with Gasteiger partial charge in [-0.25, -0.2) is 0 Å². The molecule has 1 aromatic rings. The lowest BCUT2D eigenvalue weighted by Gasteiger charge is -1.97. The van der Waals surface area contributed by atoms with Crippen LogP contribution in [0.5, 0.6) is 0 Å². The van der Waals surface area contributed by atoms with E-state index < -0.39 is 0 Å². The number of aliphatic hydroxyl groups is 1. The summed E-state index contributed by atoms with van der Waals surface area (Å²) < 4.78 is 0. The molecule has 0 spiro atoms. The molecular weight excluding hydrogens is 136 g/mol. The fourth-order valence-electron chi connectivity index (χ4n) is 1.72. The zero-order chi connectivity index (χ0) is 7.84. The largest absolute Gasteiger partial charge is 0.392 e. The molecule has 1 heteroatoms. The molecule has 0 radical (unpaired) electrons. The average Bonchev–Trinajstić information content (AvgIpc) is 2.27. The Hall–Kier alpha value is -0.820. The number of aryl methyl sites for hydroxylation is 1. The van der Waals surface area contributed by atoms with Gasteiger partial charge in [0.25, 0.3) is 0 Å². The molecule has 1 atom stereocenters. The van der Waals surface area contributed by atoms with E-state index in [1.165, 1.54) is 16.7 Å². The maximum atomic E-state index is 9.34. The molecule has 1 unspecified atom stereocenters. The molecule has 1 aliphatic carbocycles. The monoisotopic (exact) mass is 148 g/mol. The highest BCUT2D eigenvalue weighted by molar-refractivity contribution is 5.35. The van der Waals surface area contributed by atoms with Crippen LogP contribution in [0.1, 0.15) is 16.7 Å². The van der Waals surface area contributed by atoms with Gasteiger partial charge in [-0.3, -0.25) is 0 Å². The summed E-state index contributed by atoms with van der Waals surface area (Å²) in [7, 11) is 0. The lowest BCUT2D eigenvalue weighted by atomic mass is 10.1. The second-order valence-corrected chi connectivity index (χ2v) is 3.33. The Kier molecular flexibility index (Phi) is 1.46. The number of rotatable bonds is 0. The maximum absolute atomic E-state index is 9.34. The molecule has 0 aliphatic heterocycles. The number of aliphatic hydroxyl groups excluding tert-OH is 1. The van der Waals surface area contributed by atoms with E-state index in [-0.39, 0.29) is 6.10 Å². The minimum atomic E-state index is -0.133. The minimum Gasteiger partial charge on any atom is -0.392 e. The molecule has 0 bridgehead atoms. The Balaban J connectivity index is 2.43. The van der Waals surface area contributed by atoms with Crippen LogP contribution in [0.2, 0.25) is 0 Å². The van der Waals surface area contributed by atoms with Crippen LogP contribution in [0, 0.1) is 6.92 Å². The van der Waals surface area contributed by atoms with Gasteiger partial charge in [0, 0.05) is 0 Å². The molecule has 0 aromatic heterocycles. The number of benzene rings is 1. The first-order valence-electron chi connectivity index (χ1n) is 4.02. The Morgan fingerprint density at radius 2 is 2.00 bits per heavy atom. The number of hydrogen-bond donors (Lipinski definition) is 1. The van der Waals surface area contributed by atoms with Crippen molar-refractivity contribution in [1.82, 2.24) is 0 Å². The van der Waals surface area contributed by atoms with Crippen molar-refractivity contribution in [2.24, 2.45) is 0 Å². The van der Waals surface area contributed by atoms with Crippen molar-refractivity contribution in [2.75, 3.05) is 0 Å². The van der Waals surface area contributed by atoms with Gasteiger partial charge in [-0.05, 0) is 30.9 Å². The van der Waals surface area contributed by atoms with Gasteiger partial charge in [0.15, 0.2) is 0 Å². The van der Waals surface area contributed by atoms with Gasteiger partial charge in [-0.1, -0.05) is 23.8 Å². The molecule has 0 heterocycles. The SMILES string of the molecule is Cc1ccc2c(c1)CC(O)C2. The van der Waals surface area contributed by atoms with Crippen molar-refractivity contribution < 1.29 is 5.11 Å². The standard InChI is InChI=1S/C10H12O/c1-7-2-3-8-5-10(11)6-9(8)4-7/h2-4,10-11H,5-6H2,1H3. The van der Waals surface area contributed by atoms with Crippen LogP contribution in [-0.2, 0) is 12.8 Å². The number of fused-ring (bicyclic) bond motifs is 1. The van der Waals surface area contributed by atoms with Gasteiger partial charge in [-0.2, -0.15) is 0 Å². The van der Waals surface area contributed by atoms with Gasteiger partial charge < -0.3 is 5.11 Å². The van der Waals surface area contributed by atoms with Crippen LogP contribution < -0.4 is 0 Å². The van der Waals surface area contributed by atoms with Gasteiger partial charge in [0.2, 0.25) is 0 Å². The molecule has 1 N–H and O–H groups in total. The molecule has 58 valence electrons. The van der Waals surface area contributed by atoms with E-state index >= 15 is 0 Å². The summed E-state index contributed by atoms with van der Waals surface area (Å²) in [5.74, 6) is 0. The summed E-state index contributed by atoms with van der Waals surface area (Å²) in [4.78, 5) is 0. The first-order valence-corrected chi connectivity index (χ1v) is 4.02. The van der Waals surface area contributed by atoms with Gasteiger partial charge >= 0.3 is 0 Å². The van der Waals surface area contributed by atoms with E-state index in [0.717, 1.165) is 12.8 Å². The van der Waals surface area contributed by atoms with Crippen LogP contribution in [0.3, 0.4) is 0 Å². The summed E-state index contributed by atoms with van der Waals surface area (Å²) in [6, 6.07) is 6.41. The van der Waals surface area contributed by atoms with Gasteiger partial charge in [-0.15, -0.1) is 0 Å². The third-order valence-electron chi connectivity index (χ3n) is 2.27. The summed E-state index contributed by atoms with van der Waals surface area (Å²) in [6.07, 6.45) is 1.55. The summed E-state index contributed by atoms with van der Waals surface area (Å²) >= 11 is 0. The second-order valence-electron chi connectivity index (χ2n) is 3.33. The molecule has 0 saturated heterocycles. The topological polar surface area (TPSA) is 20.2 Å². The van der Waals surface area contributed by atoms with E-state index in [4.69, 9.17) is 0 Å². The zero-order valence-corrected chi connectivity index (χ0v) is 6.67.